The van der Waals surface area contributed by atoms with E-state index in [1.807, 2.05) is 24.3 Å². The molecule has 2 unspecified atom stereocenters. The molecular weight excluding hydrogens is 364 g/mol. The third-order valence-corrected chi connectivity index (χ3v) is 6.46. The molecule has 5 heteroatoms. The molecule has 2 atom stereocenters. The number of carbonyl (C=O) groups is 1. The summed E-state index contributed by atoms with van der Waals surface area (Å²) in [6.45, 7) is 6.50. The molecule has 1 aliphatic carbocycles. The van der Waals surface area contributed by atoms with E-state index in [9.17, 15) is 4.79 Å². The molecule has 29 heavy (non-hydrogen) atoms. The third kappa shape index (κ3) is 6.45. The van der Waals surface area contributed by atoms with Crippen LogP contribution >= 0.6 is 0 Å². The number of likely N-dealkylation sites (tertiary alicyclic amines) is 1. The fourth-order valence-electron chi connectivity index (χ4n) is 4.70. The van der Waals surface area contributed by atoms with Gasteiger partial charge in [0.1, 0.15) is 11.4 Å². The average Bonchev–Trinajstić information content (AvgIpc) is 3.01. The van der Waals surface area contributed by atoms with E-state index in [1.54, 1.807) is 7.11 Å². The second-order valence-corrected chi connectivity index (χ2v) is 8.84. The molecule has 2 fully saturated rings. The molecule has 1 saturated heterocycles. The predicted octanol–water partition coefficient (Wildman–Crippen LogP) is 4.87. The molecule has 1 N–H and O–H groups in total. The lowest BCUT2D eigenvalue weighted by molar-refractivity contribution is -0.143. The summed E-state index contributed by atoms with van der Waals surface area (Å²) >= 11 is 0. The number of benzene rings is 1. The highest BCUT2D eigenvalue weighted by Crippen LogP contribution is 2.35. The fraction of sp³-hybridized carbons (Fsp3) is 0.708. The molecule has 0 bridgehead atoms. The van der Waals surface area contributed by atoms with Gasteiger partial charge in [0.2, 0.25) is 0 Å². The molecule has 3 rings (SSSR count). The molecule has 1 saturated carbocycles. The van der Waals surface area contributed by atoms with Gasteiger partial charge in [-0.05, 0) is 81.8 Å². The third-order valence-electron chi connectivity index (χ3n) is 6.46. The molecule has 162 valence electrons. The van der Waals surface area contributed by atoms with Crippen LogP contribution < -0.4 is 10.1 Å². The lowest BCUT2D eigenvalue weighted by atomic mass is 9.78. The Morgan fingerprint density at radius 3 is 2.52 bits per heavy atom. The summed E-state index contributed by atoms with van der Waals surface area (Å²) in [5.41, 5.74) is 0.0988. The molecule has 1 aliphatic heterocycles. The largest absolute Gasteiger partial charge is 0.494 e. The van der Waals surface area contributed by atoms with E-state index >= 15 is 0 Å². The number of hydrogen-bond donors (Lipinski definition) is 1. The van der Waals surface area contributed by atoms with Crippen LogP contribution in [0.5, 0.6) is 5.75 Å². The van der Waals surface area contributed by atoms with Gasteiger partial charge in [-0.3, -0.25) is 4.79 Å². The zero-order valence-corrected chi connectivity index (χ0v) is 18.3. The summed E-state index contributed by atoms with van der Waals surface area (Å²) in [6.07, 6.45) is 10.2. The van der Waals surface area contributed by atoms with E-state index in [0.29, 0.717) is 5.92 Å². The van der Waals surface area contributed by atoms with Crippen LogP contribution in [-0.2, 0) is 9.53 Å². The lowest BCUT2D eigenvalue weighted by Gasteiger charge is -2.37. The van der Waals surface area contributed by atoms with Gasteiger partial charge in [-0.15, -0.1) is 0 Å². The van der Waals surface area contributed by atoms with Gasteiger partial charge in [0, 0.05) is 19.3 Å². The first-order chi connectivity index (χ1) is 14.1. The molecule has 5 nitrogen and oxygen atoms in total. The molecule has 1 heterocycles. The standard InChI is InChI=1S/C24H38N2O3/c1-20-9-7-14-24(19-20,28-2)23(27)25-21-10-12-22(13-11-21)29-18-8-17-26-15-5-3-4-6-16-26/h10-13,20H,3-9,14-19H2,1-2H3,(H,25,27). The van der Waals surface area contributed by atoms with Crippen LogP contribution in [0.2, 0.25) is 0 Å². The Morgan fingerprint density at radius 2 is 1.86 bits per heavy atom. The number of hydrogen-bond acceptors (Lipinski definition) is 4. The summed E-state index contributed by atoms with van der Waals surface area (Å²) in [4.78, 5) is 15.4. The number of rotatable bonds is 8. The van der Waals surface area contributed by atoms with Crippen molar-refractivity contribution in [1.82, 2.24) is 4.90 Å². The maximum absolute atomic E-state index is 12.9. The van der Waals surface area contributed by atoms with Gasteiger partial charge < -0.3 is 19.7 Å². The number of ether oxygens (including phenoxy) is 2. The highest BCUT2D eigenvalue weighted by molar-refractivity contribution is 5.97. The monoisotopic (exact) mass is 402 g/mol. The Morgan fingerprint density at radius 1 is 1.14 bits per heavy atom. The van der Waals surface area contributed by atoms with E-state index in [0.717, 1.165) is 50.3 Å². The van der Waals surface area contributed by atoms with E-state index in [-0.39, 0.29) is 5.91 Å². The summed E-state index contributed by atoms with van der Waals surface area (Å²) in [6, 6.07) is 7.70. The highest BCUT2D eigenvalue weighted by Gasteiger charge is 2.41. The van der Waals surface area contributed by atoms with Crippen molar-refractivity contribution in [3.05, 3.63) is 24.3 Å². The Labute approximate surface area is 176 Å². The van der Waals surface area contributed by atoms with Crippen LogP contribution in [-0.4, -0.2) is 49.8 Å². The number of methoxy groups -OCH3 is 1. The normalized spacial score (nSPS) is 25.9. The molecule has 1 aromatic rings. The Hall–Kier alpha value is -1.59. The molecule has 0 aromatic heterocycles. The summed E-state index contributed by atoms with van der Waals surface area (Å²) in [5, 5.41) is 3.04. The number of nitrogens with one attached hydrogen (secondary N) is 1. The smallest absolute Gasteiger partial charge is 0.256 e. The average molecular weight is 403 g/mol. The van der Waals surface area contributed by atoms with Gasteiger partial charge in [-0.2, -0.15) is 0 Å². The van der Waals surface area contributed by atoms with Gasteiger partial charge in [0.05, 0.1) is 6.61 Å². The fourth-order valence-corrected chi connectivity index (χ4v) is 4.70. The number of amides is 1. The van der Waals surface area contributed by atoms with Crippen LogP contribution in [0.15, 0.2) is 24.3 Å². The zero-order valence-electron chi connectivity index (χ0n) is 18.3. The van der Waals surface area contributed by atoms with Crippen LogP contribution in [0.25, 0.3) is 0 Å². The number of carbonyl (C=O) groups excluding carboxylic acids is 1. The topological polar surface area (TPSA) is 50.8 Å². The van der Waals surface area contributed by atoms with Crippen molar-refractivity contribution in [2.24, 2.45) is 5.92 Å². The summed E-state index contributed by atoms with van der Waals surface area (Å²) in [7, 11) is 1.65. The van der Waals surface area contributed by atoms with Crippen molar-refractivity contribution in [1.29, 1.82) is 0 Å². The van der Waals surface area contributed by atoms with Crippen molar-refractivity contribution in [3.63, 3.8) is 0 Å². The minimum absolute atomic E-state index is 0.0299. The molecular formula is C24H38N2O3. The highest BCUT2D eigenvalue weighted by atomic mass is 16.5. The van der Waals surface area contributed by atoms with E-state index in [2.05, 4.69) is 17.1 Å². The minimum atomic E-state index is -0.694. The molecule has 0 radical (unpaired) electrons. The van der Waals surface area contributed by atoms with E-state index < -0.39 is 5.60 Å². The van der Waals surface area contributed by atoms with Crippen molar-refractivity contribution in [3.8, 4) is 5.75 Å². The predicted molar refractivity (Wildman–Crippen MR) is 117 cm³/mol. The molecule has 2 aliphatic rings. The van der Waals surface area contributed by atoms with Crippen molar-refractivity contribution < 1.29 is 14.3 Å². The minimum Gasteiger partial charge on any atom is -0.494 e. The Balaban J connectivity index is 1.43. The maximum atomic E-state index is 12.9. The van der Waals surface area contributed by atoms with E-state index in [4.69, 9.17) is 9.47 Å². The second kappa shape index (κ2) is 11.0. The van der Waals surface area contributed by atoms with Gasteiger partial charge >= 0.3 is 0 Å². The van der Waals surface area contributed by atoms with Gasteiger partial charge in [0.15, 0.2) is 0 Å². The Kier molecular flexibility index (Phi) is 8.37. The number of anilines is 1. The SMILES string of the molecule is COC1(C(=O)Nc2ccc(OCCCN3CCCCCC3)cc2)CCCC(C)C1. The van der Waals surface area contributed by atoms with E-state index in [1.165, 1.54) is 45.2 Å². The van der Waals surface area contributed by atoms with Crippen LogP contribution in [0.1, 0.15) is 64.7 Å². The quantitative estimate of drug-likeness (QED) is 0.631. The van der Waals surface area contributed by atoms with Gasteiger partial charge in [0.25, 0.3) is 5.91 Å². The first-order valence-electron chi connectivity index (χ1n) is 11.4. The molecule has 1 amide bonds. The lowest BCUT2D eigenvalue weighted by Crippen LogP contribution is -2.47. The molecule has 0 spiro atoms. The maximum Gasteiger partial charge on any atom is 0.256 e. The van der Waals surface area contributed by atoms with Crippen LogP contribution in [0, 0.1) is 5.92 Å². The van der Waals surface area contributed by atoms with Crippen molar-refractivity contribution in [2.75, 3.05) is 38.7 Å². The van der Waals surface area contributed by atoms with Crippen molar-refractivity contribution >= 4 is 11.6 Å². The first kappa shape index (κ1) is 22.1. The second-order valence-electron chi connectivity index (χ2n) is 8.84. The van der Waals surface area contributed by atoms with Crippen molar-refractivity contribution in [2.45, 2.75) is 70.3 Å². The van der Waals surface area contributed by atoms with Crippen LogP contribution in [0.4, 0.5) is 5.69 Å². The van der Waals surface area contributed by atoms with Crippen LogP contribution in [0.3, 0.4) is 0 Å². The number of nitrogens with zero attached hydrogens (tertiary/aromatic N) is 1. The molecule has 1 aromatic carbocycles. The zero-order chi connectivity index (χ0) is 20.5. The first-order valence-corrected chi connectivity index (χ1v) is 11.4. The van der Waals surface area contributed by atoms with Gasteiger partial charge in [-0.1, -0.05) is 26.2 Å². The van der Waals surface area contributed by atoms with Gasteiger partial charge in [-0.25, -0.2) is 0 Å². The summed E-state index contributed by atoms with van der Waals surface area (Å²) in [5.74, 6) is 1.34. The summed E-state index contributed by atoms with van der Waals surface area (Å²) < 4.78 is 11.6. The Bertz CT molecular complexity index is 626.